The van der Waals surface area contributed by atoms with Gasteiger partial charge in [-0.2, -0.15) is 0 Å². The second-order valence-corrected chi connectivity index (χ2v) is 4.81. The number of carboxylic acid groups (broad SMARTS) is 1. The summed E-state index contributed by atoms with van der Waals surface area (Å²) in [4.78, 5) is 11.4. The average molecular weight is 307 g/mol. The van der Waals surface area contributed by atoms with Gasteiger partial charge in [0.1, 0.15) is 24.0 Å². The van der Waals surface area contributed by atoms with Crippen molar-refractivity contribution in [2.75, 3.05) is 13.7 Å². The first-order valence-electron chi connectivity index (χ1n) is 6.36. The highest BCUT2D eigenvalue weighted by Gasteiger charge is 2.23. The van der Waals surface area contributed by atoms with Gasteiger partial charge >= 0.3 is 5.97 Å². The third kappa shape index (κ3) is 3.89. The predicted molar refractivity (Wildman–Crippen MR) is 80.3 cm³/mol. The zero-order valence-electron chi connectivity index (χ0n) is 11.5. The van der Waals surface area contributed by atoms with E-state index >= 15 is 0 Å². The summed E-state index contributed by atoms with van der Waals surface area (Å²) in [5.74, 6) is -0.505. The molecule has 1 N–H and O–H groups in total. The molecule has 2 rings (SSSR count). The van der Waals surface area contributed by atoms with Crippen LogP contribution in [-0.4, -0.2) is 24.8 Å². The summed E-state index contributed by atoms with van der Waals surface area (Å²) in [6.45, 7) is 0.00535. The van der Waals surface area contributed by atoms with E-state index in [0.29, 0.717) is 22.1 Å². The molecule has 21 heavy (non-hydrogen) atoms. The first-order chi connectivity index (χ1) is 10.1. The van der Waals surface area contributed by atoms with E-state index in [2.05, 4.69) is 0 Å². The first kappa shape index (κ1) is 15.2. The summed E-state index contributed by atoms with van der Waals surface area (Å²) in [7, 11) is 1.58. The number of hydrogen-bond donors (Lipinski definition) is 1. The van der Waals surface area contributed by atoms with Crippen molar-refractivity contribution >= 4 is 17.6 Å². The maximum Gasteiger partial charge on any atom is 0.314 e. The van der Waals surface area contributed by atoms with Gasteiger partial charge in [-0.05, 0) is 35.9 Å². The minimum Gasteiger partial charge on any atom is -0.497 e. The Kier molecular flexibility index (Phi) is 5.06. The van der Waals surface area contributed by atoms with Crippen molar-refractivity contribution in [1.82, 2.24) is 0 Å². The molecule has 0 spiro atoms. The molecule has 0 aliphatic carbocycles. The van der Waals surface area contributed by atoms with Crippen LogP contribution >= 0.6 is 11.6 Å². The largest absolute Gasteiger partial charge is 0.497 e. The van der Waals surface area contributed by atoms with Crippen LogP contribution in [0.3, 0.4) is 0 Å². The fraction of sp³-hybridized carbons (Fsp3) is 0.188. The zero-order chi connectivity index (χ0) is 15.2. The number of benzene rings is 2. The van der Waals surface area contributed by atoms with Gasteiger partial charge in [0, 0.05) is 5.02 Å². The summed E-state index contributed by atoms with van der Waals surface area (Å²) in [5, 5.41) is 9.77. The van der Waals surface area contributed by atoms with Crippen LogP contribution in [0.25, 0.3) is 0 Å². The molecule has 0 radical (unpaired) electrons. The number of hydrogen-bond acceptors (Lipinski definition) is 3. The number of halogens is 1. The standard InChI is InChI=1S/C16H15ClO4/c1-20-11-6-8-12(9-7-11)21-10-14(16(18)19)13-4-2-3-5-15(13)17/h2-9,14H,10H2,1H3,(H,18,19). The average Bonchev–Trinajstić information content (AvgIpc) is 2.49. The highest BCUT2D eigenvalue weighted by molar-refractivity contribution is 6.31. The minimum atomic E-state index is -0.975. The van der Waals surface area contributed by atoms with E-state index in [0.717, 1.165) is 0 Å². The molecule has 0 bridgehead atoms. The molecule has 1 unspecified atom stereocenters. The van der Waals surface area contributed by atoms with Gasteiger partial charge in [-0.15, -0.1) is 0 Å². The van der Waals surface area contributed by atoms with E-state index in [1.807, 2.05) is 0 Å². The molecular weight excluding hydrogens is 292 g/mol. The Labute approximate surface area is 127 Å². The highest BCUT2D eigenvalue weighted by atomic mass is 35.5. The second kappa shape index (κ2) is 6.99. The summed E-state index contributed by atoms with van der Waals surface area (Å²) in [5.41, 5.74) is 0.542. The van der Waals surface area contributed by atoms with Crippen LogP contribution in [0.5, 0.6) is 11.5 Å². The van der Waals surface area contributed by atoms with Gasteiger partial charge in [-0.25, -0.2) is 0 Å². The maximum absolute atomic E-state index is 11.4. The molecule has 0 aliphatic heterocycles. The van der Waals surface area contributed by atoms with E-state index in [4.69, 9.17) is 21.1 Å². The molecule has 5 heteroatoms. The smallest absolute Gasteiger partial charge is 0.314 e. The molecule has 2 aromatic rings. The Balaban J connectivity index is 2.10. The van der Waals surface area contributed by atoms with Crippen LogP contribution in [0.15, 0.2) is 48.5 Å². The quantitative estimate of drug-likeness (QED) is 0.886. The van der Waals surface area contributed by atoms with E-state index in [1.165, 1.54) is 0 Å². The molecule has 0 heterocycles. The van der Waals surface area contributed by atoms with Gasteiger partial charge < -0.3 is 14.6 Å². The summed E-state index contributed by atoms with van der Waals surface area (Å²) < 4.78 is 10.6. The van der Waals surface area contributed by atoms with E-state index in [9.17, 15) is 9.90 Å². The van der Waals surface area contributed by atoms with E-state index < -0.39 is 11.9 Å². The summed E-state index contributed by atoms with van der Waals surface area (Å²) in [6, 6.07) is 13.8. The van der Waals surface area contributed by atoms with Crippen LogP contribution in [0.4, 0.5) is 0 Å². The zero-order valence-corrected chi connectivity index (χ0v) is 12.2. The lowest BCUT2D eigenvalue weighted by Gasteiger charge is -2.15. The van der Waals surface area contributed by atoms with Gasteiger partial charge in [0.15, 0.2) is 0 Å². The fourth-order valence-corrected chi connectivity index (χ4v) is 2.17. The van der Waals surface area contributed by atoms with Crippen LogP contribution in [0.1, 0.15) is 11.5 Å². The van der Waals surface area contributed by atoms with E-state index in [-0.39, 0.29) is 6.61 Å². The minimum absolute atomic E-state index is 0.00535. The molecule has 0 saturated heterocycles. The van der Waals surface area contributed by atoms with Gasteiger partial charge in [-0.1, -0.05) is 29.8 Å². The third-order valence-electron chi connectivity index (χ3n) is 3.05. The molecule has 4 nitrogen and oxygen atoms in total. The van der Waals surface area contributed by atoms with Crippen molar-refractivity contribution in [3.8, 4) is 11.5 Å². The molecule has 0 aliphatic rings. The summed E-state index contributed by atoms with van der Waals surface area (Å²) in [6.07, 6.45) is 0. The second-order valence-electron chi connectivity index (χ2n) is 4.40. The third-order valence-corrected chi connectivity index (χ3v) is 3.40. The van der Waals surface area contributed by atoms with Crippen molar-refractivity contribution in [2.24, 2.45) is 0 Å². The Morgan fingerprint density at radius 3 is 2.33 bits per heavy atom. The molecular formula is C16H15ClO4. The van der Waals surface area contributed by atoms with Crippen molar-refractivity contribution in [3.63, 3.8) is 0 Å². The Morgan fingerprint density at radius 2 is 1.76 bits per heavy atom. The molecule has 0 saturated carbocycles. The molecule has 0 amide bonds. The van der Waals surface area contributed by atoms with Crippen LogP contribution in [-0.2, 0) is 4.79 Å². The van der Waals surface area contributed by atoms with Gasteiger partial charge in [0.05, 0.1) is 7.11 Å². The van der Waals surface area contributed by atoms with Crippen molar-refractivity contribution in [3.05, 3.63) is 59.1 Å². The number of aliphatic carboxylic acids is 1. The number of carboxylic acids is 1. The Hall–Kier alpha value is -2.20. The highest BCUT2D eigenvalue weighted by Crippen LogP contribution is 2.26. The Bertz CT molecular complexity index is 610. The molecule has 0 aromatic heterocycles. The Morgan fingerprint density at radius 1 is 1.14 bits per heavy atom. The lowest BCUT2D eigenvalue weighted by molar-refractivity contribution is -0.139. The number of carbonyl (C=O) groups is 1. The lowest BCUT2D eigenvalue weighted by atomic mass is 10.0. The van der Waals surface area contributed by atoms with Gasteiger partial charge in [-0.3, -0.25) is 4.79 Å². The molecule has 110 valence electrons. The van der Waals surface area contributed by atoms with Crippen molar-refractivity contribution < 1.29 is 19.4 Å². The van der Waals surface area contributed by atoms with Crippen molar-refractivity contribution in [1.29, 1.82) is 0 Å². The van der Waals surface area contributed by atoms with Gasteiger partial charge in [0.25, 0.3) is 0 Å². The van der Waals surface area contributed by atoms with E-state index in [1.54, 1.807) is 55.6 Å². The first-order valence-corrected chi connectivity index (χ1v) is 6.73. The lowest BCUT2D eigenvalue weighted by Crippen LogP contribution is -2.19. The normalized spacial score (nSPS) is 11.7. The SMILES string of the molecule is COc1ccc(OCC(C(=O)O)c2ccccc2Cl)cc1. The topological polar surface area (TPSA) is 55.8 Å². The number of rotatable bonds is 6. The molecule has 2 aromatic carbocycles. The predicted octanol–water partition coefficient (Wildman–Crippen LogP) is 3.60. The van der Waals surface area contributed by atoms with Crippen LogP contribution < -0.4 is 9.47 Å². The van der Waals surface area contributed by atoms with Crippen LogP contribution in [0.2, 0.25) is 5.02 Å². The molecule has 1 atom stereocenters. The fourth-order valence-electron chi connectivity index (χ4n) is 1.90. The maximum atomic E-state index is 11.4. The van der Waals surface area contributed by atoms with Crippen LogP contribution in [0, 0.1) is 0 Å². The molecule has 0 fully saturated rings. The monoisotopic (exact) mass is 306 g/mol. The number of methoxy groups -OCH3 is 1. The van der Waals surface area contributed by atoms with Crippen molar-refractivity contribution in [2.45, 2.75) is 5.92 Å². The van der Waals surface area contributed by atoms with Gasteiger partial charge in [0.2, 0.25) is 0 Å². The summed E-state index contributed by atoms with van der Waals surface area (Å²) >= 11 is 6.05. The number of ether oxygens (including phenoxy) is 2.